The minimum Gasteiger partial charge on any atom is -0.459 e. The zero-order valence-corrected chi connectivity index (χ0v) is 15.2. The topological polar surface area (TPSA) is 118 Å². The Labute approximate surface area is 155 Å². The van der Waals surface area contributed by atoms with Crippen LogP contribution < -0.4 is 0 Å². The molecule has 0 aromatic carbocycles. The summed E-state index contributed by atoms with van der Waals surface area (Å²) in [5.74, 6) is -1.63. The maximum Gasteiger partial charge on any atom is 0.331 e. The third-order valence-corrected chi connectivity index (χ3v) is 8.07. The van der Waals surface area contributed by atoms with Gasteiger partial charge in [-0.05, 0) is 12.5 Å². The van der Waals surface area contributed by atoms with Gasteiger partial charge in [-0.15, -0.1) is 0 Å². The Morgan fingerprint density at radius 2 is 1.89 bits per heavy atom. The molecule has 2 N–H and O–H groups in total. The van der Waals surface area contributed by atoms with E-state index in [0.717, 1.165) is 5.57 Å². The van der Waals surface area contributed by atoms with Gasteiger partial charge in [0.05, 0.1) is 12.2 Å². The number of hydrogen-bond donors (Lipinski definition) is 2. The normalized spacial score (nSPS) is 60.0. The second kappa shape index (κ2) is 4.40. The number of aliphatic hydroxyl groups excluding tert-OH is 2. The van der Waals surface area contributed by atoms with E-state index in [4.69, 9.17) is 18.9 Å². The first-order valence-corrected chi connectivity index (χ1v) is 9.49. The Bertz CT molecular complexity index is 823. The summed E-state index contributed by atoms with van der Waals surface area (Å²) in [7, 11) is 0. The van der Waals surface area contributed by atoms with Crippen LogP contribution in [-0.2, 0) is 28.5 Å². The van der Waals surface area contributed by atoms with Crippen molar-refractivity contribution >= 4 is 11.9 Å². The van der Waals surface area contributed by atoms with E-state index >= 15 is 0 Å². The Kier molecular flexibility index (Phi) is 2.68. The van der Waals surface area contributed by atoms with Gasteiger partial charge < -0.3 is 29.2 Å². The minimum absolute atomic E-state index is 0.160. The van der Waals surface area contributed by atoms with E-state index in [1.165, 1.54) is 6.08 Å². The molecule has 0 radical (unpaired) electrons. The lowest BCUT2D eigenvalue weighted by Gasteiger charge is -2.53. The third kappa shape index (κ3) is 1.48. The van der Waals surface area contributed by atoms with Gasteiger partial charge in [0, 0.05) is 29.9 Å². The summed E-state index contributed by atoms with van der Waals surface area (Å²) in [5.41, 5.74) is -1.96. The van der Waals surface area contributed by atoms with Gasteiger partial charge in [-0.3, -0.25) is 4.79 Å². The third-order valence-electron chi connectivity index (χ3n) is 8.07. The first-order chi connectivity index (χ1) is 12.7. The molecular weight excluding hydrogens is 356 g/mol. The summed E-state index contributed by atoms with van der Waals surface area (Å²) in [6.07, 6.45) is -1.93. The lowest BCUT2D eigenvalue weighted by Crippen LogP contribution is -2.65. The fourth-order valence-corrected chi connectivity index (χ4v) is 6.75. The van der Waals surface area contributed by atoms with Gasteiger partial charge in [0.25, 0.3) is 0 Å². The standard InChI is InChI=1S/C19H22O8/c1-6(5-20)13-19-7(4-8(21)24-13)17(2)11-9(15(19)27-19)26-16(23)18(11,3)12(22)10-14(17)25-10/h4,6,9-15,20,22H,5H2,1-3H3/t6?,9-,10-,11+,12-,13+,14-,15+,17+,18+,19+/m0/s1. The molecule has 1 unspecified atom stereocenters. The van der Waals surface area contributed by atoms with Crippen LogP contribution in [0.1, 0.15) is 20.8 Å². The largest absolute Gasteiger partial charge is 0.459 e. The second-order valence-electron chi connectivity index (χ2n) is 9.29. The summed E-state index contributed by atoms with van der Waals surface area (Å²) in [5, 5.41) is 20.5. The number of epoxide rings is 2. The number of fused-ring (bicyclic) bond motifs is 4. The molecule has 2 aliphatic carbocycles. The van der Waals surface area contributed by atoms with Crippen molar-refractivity contribution < 1.29 is 38.7 Å². The number of rotatable bonds is 2. The van der Waals surface area contributed by atoms with Crippen molar-refractivity contribution in [1.29, 1.82) is 0 Å². The van der Waals surface area contributed by atoms with Crippen LogP contribution >= 0.6 is 0 Å². The quantitative estimate of drug-likeness (QED) is 0.479. The van der Waals surface area contributed by atoms with Gasteiger partial charge in [-0.1, -0.05) is 13.8 Å². The Hall–Kier alpha value is -1.48. The molecule has 4 aliphatic heterocycles. The van der Waals surface area contributed by atoms with E-state index in [1.807, 2.05) is 6.92 Å². The molecule has 6 rings (SSSR count). The van der Waals surface area contributed by atoms with Crippen LogP contribution in [0.3, 0.4) is 0 Å². The number of aliphatic hydroxyl groups is 2. The van der Waals surface area contributed by atoms with E-state index in [0.29, 0.717) is 0 Å². The SMILES string of the molecule is CC(CO)[C@H]1OC(=O)C=C2[C@]3(C)[C@H]4[C@H](OC(=O)[C@@]4(C)[C@@H](O)[C@@H]4O[C@@H]43)[C@H]3O[C@]213. The van der Waals surface area contributed by atoms with Crippen molar-refractivity contribution in [2.45, 2.75) is 63.0 Å². The van der Waals surface area contributed by atoms with E-state index in [2.05, 4.69) is 0 Å². The van der Waals surface area contributed by atoms with E-state index in [1.54, 1.807) is 13.8 Å². The summed E-state index contributed by atoms with van der Waals surface area (Å²) in [6.45, 7) is 5.35. The highest BCUT2D eigenvalue weighted by molar-refractivity contribution is 5.87. The molecule has 27 heavy (non-hydrogen) atoms. The predicted molar refractivity (Wildman–Crippen MR) is 86.1 cm³/mol. The van der Waals surface area contributed by atoms with Crippen LogP contribution in [0.5, 0.6) is 0 Å². The molecule has 0 amide bonds. The Morgan fingerprint density at radius 1 is 1.15 bits per heavy atom. The molecule has 8 nitrogen and oxygen atoms in total. The van der Waals surface area contributed by atoms with E-state index in [-0.39, 0.29) is 24.5 Å². The molecule has 8 heteroatoms. The van der Waals surface area contributed by atoms with Crippen molar-refractivity contribution in [2.75, 3.05) is 6.61 Å². The first-order valence-electron chi connectivity index (χ1n) is 9.49. The minimum atomic E-state index is -1.12. The summed E-state index contributed by atoms with van der Waals surface area (Å²) in [6, 6.07) is 0. The molecule has 6 aliphatic rings. The van der Waals surface area contributed by atoms with Gasteiger partial charge in [0.1, 0.15) is 29.8 Å². The lowest BCUT2D eigenvalue weighted by molar-refractivity contribution is -0.156. The highest BCUT2D eigenvalue weighted by Crippen LogP contribution is 2.75. The maximum atomic E-state index is 12.8. The molecular formula is C19H22O8. The van der Waals surface area contributed by atoms with Crippen molar-refractivity contribution in [3.63, 3.8) is 0 Å². The number of cyclic esters (lactones) is 1. The Balaban J connectivity index is 1.58. The number of carbonyl (C=O) groups excluding carboxylic acids is 2. The highest BCUT2D eigenvalue weighted by Gasteiger charge is 2.88. The van der Waals surface area contributed by atoms with Gasteiger partial charge in [0.15, 0.2) is 5.60 Å². The van der Waals surface area contributed by atoms with Crippen molar-refractivity contribution in [3.8, 4) is 0 Å². The fraction of sp³-hybridized carbons (Fsp3) is 0.789. The zero-order valence-electron chi connectivity index (χ0n) is 15.2. The number of ether oxygens (including phenoxy) is 4. The highest BCUT2D eigenvalue weighted by atomic mass is 16.7. The lowest BCUT2D eigenvalue weighted by atomic mass is 9.46. The second-order valence-corrected chi connectivity index (χ2v) is 9.29. The monoisotopic (exact) mass is 378 g/mol. The molecule has 1 spiro atoms. The van der Waals surface area contributed by atoms with Crippen LogP contribution in [0.25, 0.3) is 0 Å². The Morgan fingerprint density at radius 3 is 2.59 bits per heavy atom. The van der Waals surface area contributed by atoms with Crippen LogP contribution in [0.15, 0.2) is 11.6 Å². The van der Waals surface area contributed by atoms with E-state index < -0.39 is 58.9 Å². The fourth-order valence-electron chi connectivity index (χ4n) is 6.75. The van der Waals surface area contributed by atoms with Gasteiger partial charge in [0.2, 0.25) is 0 Å². The predicted octanol–water partition coefficient (Wildman–Crippen LogP) is -0.686. The first kappa shape index (κ1) is 16.5. The van der Waals surface area contributed by atoms with Crippen molar-refractivity contribution in [1.82, 2.24) is 0 Å². The molecule has 146 valence electrons. The molecule has 0 aromatic rings. The maximum absolute atomic E-state index is 12.8. The molecule has 0 aromatic heterocycles. The zero-order chi connectivity index (χ0) is 19.1. The molecule has 3 saturated heterocycles. The van der Waals surface area contributed by atoms with Gasteiger partial charge in [-0.25, -0.2) is 4.79 Å². The molecule has 5 fully saturated rings. The van der Waals surface area contributed by atoms with Gasteiger partial charge in [-0.2, -0.15) is 0 Å². The summed E-state index contributed by atoms with van der Waals surface area (Å²) < 4.78 is 23.3. The molecule has 4 heterocycles. The van der Waals surface area contributed by atoms with Crippen molar-refractivity contribution in [2.24, 2.45) is 22.7 Å². The number of esters is 2. The van der Waals surface area contributed by atoms with E-state index in [9.17, 15) is 19.8 Å². The van der Waals surface area contributed by atoms with Crippen LogP contribution in [0, 0.1) is 22.7 Å². The van der Waals surface area contributed by atoms with Gasteiger partial charge >= 0.3 is 11.9 Å². The number of hydrogen-bond acceptors (Lipinski definition) is 8. The van der Waals surface area contributed by atoms with Crippen LogP contribution in [0.2, 0.25) is 0 Å². The van der Waals surface area contributed by atoms with Crippen LogP contribution in [-0.4, -0.2) is 71.0 Å². The number of carbonyl (C=O) groups is 2. The molecule has 2 saturated carbocycles. The average molecular weight is 378 g/mol. The smallest absolute Gasteiger partial charge is 0.331 e. The molecule has 0 bridgehead atoms. The summed E-state index contributed by atoms with van der Waals surface area (Å²) >= 11 is 0. The summed E-state index contributed by atoms with van der Waals surface area (Å²) in [4.78, 5) is 25.3. The molecule has 11 atom stereocenters. The van der Waals surface area contributed by atoms with Crippen LogP contribution in [0.4, 0.5) is 0 Å². The average Bonchev–Trinajstić information content (AvgIpc) is 3.53. The van der Waals surface area contributed by atoms with Crippen molar-refractivity contribution in [3.05, 3.63) is 11.6 Å².